The average molecular weight is 268 g/mol. The van der Waals surface area contributed by atoms with E-state index in [2.05, 4.69) is 27.1 Å². The summed E-state index contributed by atoms with van der Waals surface area (Å²) >= 11 is 0. The van der Waals surface area contributed by atoms with Crippen LogP contribution in [0.4, 0.5) is 11.6 Å². The first-order valence-electron chi connectivity index (χ1n) is 6.37. The van der Waals surface area contributed by atoms with Crippen molar-refractivity contribution in [3.63, 3.8) is 0 Å². The summed E-state index contributed by atoms with van der Waals surface area (Å²) in [5.41, 5.74) is 1.18. The molecule has 2 heterocycles. The summed E-state index contributed by atoms with van der Waals surface area (Å²) in [6.07, 6.45) is 3.63. The quantitative estimate of drug-likeness (QED) is 0.884. The van der Waals surface area contributed by atoms with E-state index in [9.17, 15) is 4.21 Å². The van der Waals surface area contributed by atoms with E-state index in [1.165, 1.54) is 5.56 Å². The Morgan fingerprint density at radius 3 is 2.72 bits per heavy atom. The smallest absolute Gasteiger partial charge is 0.137 e. The fourth-order valence-electron chi connectivity index (χ4n) is 2.22. The van der Waals surface area contributed by atoms with Gasteiger partial charge in [0.25, 0.3) is 0 Å². The summed E-state index contributed by atoms with van der Waals surface area (Å²) in [5.74, 6) is 3.40. The lowest BCUT2D eigenvalue weighted by atomic mass is 10.1. The molecule has 1 aromatic rings. The summed E-state index contributed by atoms with van der Waals surface area (Å²) in [6, 6.07) is 0. The molecular formula is C12H20N4OS. The summed E-state index contributed by atoms with van der Waals surface area (Å²) in [7, 11) is 1.23. The number of nitrogens with one attached hydrogen (secondary N) is 1. The van der Waals surface area contributed by atoms with Gasteiger partial charge in [-0.2, -0.15) is 0 Å². The summed E-state index contributed by atoms with van der Waals surface area (Å²) in [4.78, 5) is 10.9. The highest BCUT2D eigenvalue weighted by Crippen LogP contribution is 2.25. The second kappa shape index (κ2) is 6.13. The van der Waals surface area contributed by atoms with Gasteiger partial charge in [0.15, 0.2) is 0 Å². The molecule has 0 amide bonds. The van der Waals surface area contributed by atoms with Crippen LogP contribution in [0, 0.1) is 0 Å². The van der Waals surface area contributed by atoms with Gasteiger partial charge < -0.3 is 10.2 Å². The van der Waals surface area contributed by atoms with Crippen LogP contribution in [0.15, 0.2) is 6.33 Å². The van der Waals surface area contributed by atoms with Crippen LogP contribution >= 0.6 is 0 Å². The average Bonchev–Trinajstić information content (AvgIpc) is 2.40. The number of anilines is 2. The maximum atomic E-state index is 11.4. The molecule has 100 valence electrons. The van der Waals surface area contributed by atoms with Gasteiger partial charge in [-0.05, 0) is 6.42 Å². The van der Waals surface area contributed by atoms with Gasteiger partial charge >= 0.3 is 0 Å². The Bertz CT molecular complexity index is 428. The fraction of sp³-hybridized carbons (Fsp3) is 0.667. The monoisotopic (exact) mass is 268 g/mol. The van der Waals surface area contributed by atoms with Crippen molar-refractivity contribution in [1.29, 1.82) is 0 Å². The predicted octanol–water partition coefficient (Wildman–Crippen LogP) is 1.04. The Balaban J connectivity index is 2.28. The van der Waals surface area contributed by atoms with Crippen molar-refractivity contribution < 1.29 is 4.21 Å². The minimum Gasteiger partial charge on any atom is -0.373 e. The molecule has 18 heavy (non-hydrogen) atoms. The summed E-state index contributed by atoms with van der Waals surface area (Å²) in [6.45, 7) is 3.80. The molecule has 1 saturated heterocycles. The summed E-state index contributed by atoms with van der Waals surface area (Å²) in [5, 5.41) is 3.13. The molecule has 1 fully saturated rings. The number of hydrogen-bond acceptors (Lipinski definition) is 5. The van der Waals surface area contributed by atoms with Gasteiger partial charge in [0.1, 0.15) is 18.0 Å². The Morgan fingerprint density at radius 2 is 2.11 bits per heavy atom. The molecule has 0 aliphatic carbocycles. The SMILES string of the molecule is CCCc1c(NC)ncnc1N1CCS(=O)CC1. The molecule has 0 bridgehead atoms. The number of nitrogens with zero attached hydrogens (tertiary/aromatic N) is 3. The van der Waals surface area contributed by atoms with Crippen molar-refractivity contribution in [3.05, 3.63) is 11.9 Å². The van der Waals surface area contributed by atoms with Crippen molar-refractivity contribution in [2.75, 3.05) is 41.9 Å². The van der Waals surface area contributed by atoms with E-state index in [1.807, 2.05) is 7.05 Å². The molecule has 6 heteroatoms. The van der Waals surface area contributed by atoms with Crippen LogP contribution in [0.1, 0.15) is 18.9 Å². The van der Waals surface area contributed by atoms with E-state index < -0.39 is 10.8 Å². The van der Waals surface area contributed by atoms with E-state index in [4.69, 9.17) is 0 Å². The van der Waals surface area contributed by atoms with Crippen molar-refractivity contribution in [2.24, 2.45) is 0 Å². The minimum absolute atomic E-state index is 0.653. The zero-order chi connectivity index (χ0) is 13.0. The Labute approximate surface area is 110 Å². The molecule has 2 rings (SSSR count). The molecule has 0 atom stereocenters. The highest BCUT2D eigenvalue weighted by molar-refractivity contribution is 7.85. The number of hydrogen-bond donors (Lipinski definition) is 1. The Kier molecular flexibility index (Phi) is 4.52. The van der Waals surface area contributed by atoms with Gasteiger partial charge in [0.05, 0.1) is 0 Å². The third-order valence-corrected chi connectivity index (χ3v) is 4.41. The van der Waals surface area contributed by atoms with E-state index in [-0.39, 0.29) is 0 Å². The van der Waals surface area contributed by atoms with Crippen LogP contribution in [-0.2, 0) is 17.2 Å². The second-order valence-corrected chi connectivity index (χ2v) is 6.06. The molecule has 0 radical (unpaired) electrons. The highest BCUT2D eigenvalue weighted by Gasteiger charge is 2.20. The largest absolute Gasteiger partial charge is 0.373 e. The van der Waals surface area contributed by atoms with E-state index >= 15 is 0 Å². The van der Waals surface area contributed by atoms with Gasteiger partial charge in [-0.25, -0.2) is 9.97 Å². The molecule has 0 unspecified atom stereocenters. The van der Waals surface area contributed by atoms with Crippen LogP contribution in [0.25, 0.3) is 0 Å². The topological polar surface area (TPSA) is 58.1 Å². The molecule has 0 spiro atoms. The van der Waals surface area contributed by atoms with E-state index in [1.54, 1.807) is 6.33 Å². The van der Waals surface area contributed by atoms with Crippen molar-refractivity contribution in [1.82, 2.24) is 9.97 Å². The molecule has 0 aromatic carbocycles. The Morgan fingerprint density at radius 1 is 1.39 bits per heavy atom. The van der Waals surface area contributed by atoms with Gasteiger partial charge in [-0.1, -0.05) is 13.3 Å². The van der Waals surface area contributed by atoms with E-state index in [0.29, 0.717) is 0 Å². The predicted molar refractivity (Wildman–Crippen MR) is 75.7 cm³/mol. The second-order valence-electron chi connectivity index (χ2n) is 4.36. The minimum atomic E-state index is -0.653. The first kappa shape index (κ1) is 13.3. The van der Waals surface area contributed by atoms with Crippen LogP contribution in [0.3, 0.4) is 0 Å². The molecule has 1 aliphatic heterocycles. The van der Waals surface area contributed by atoms with Gasteiger partial charge in [-0.15, -0.1) is 0 Å². The van der Waals surface area contributed by atoms with Crippen molar-refractivity contribution >= 4 is 22.4 Å². The maximum Gasteiger partial charge on any atom is 0.137 e. The lowest BCUT2D eigenvalue weighted by molar-refractivity contribution is 0.671. The lowest BCUT2D eigenvalue weighted by Gasteiger charge is -2.29. The van der Waals surface area contributed by atoms with Gasteiger partial charge in [-0.3, -0.25) is 4.21 Å². The van der Waals surface area contributed by atoms with Crippen molar-refractivity contribution in [3.8, 4) is 0 Å². The highest BCUT2D eigenvalue weighted by atomic mass is 32.2. The third kappa shape index (κ3) is 2.80. The Hall–Kier alpha value is -1.17. The summed E-state index contributed by atoms with van der Waals surface area (Å²) < 4.78 is 11.4. The third-order valence-electron chi connectivity index (χ3n) is 3.14. The number of rotatable bonds is 4. The zero-order valence-electron chi connectivity index (χ0n) is 11.0. The molecule has 5 nitrogen and oxygen atoms in total. The van der Waals surface area contributed by atoms with Gasteiger partial charge in [0, 0.05) is 48.0 Å². The molecular weight excluding hydrogens is 248 g/mol. The van der Waals surface area contributed by atoms with Crippen LogP contribution < -0.4 is 10.2 Å². The van der Waals surface area contributed by atoms with Crippen LogP contribution in [0.2, 0.25) is 0 Å². The fourth-order valence-corrected chi connectivity index (χ4v) is 3.27. The normalized spacial score (nSPS) is 16.9. The maximum absolute atomic E-state index is 11.4. The first-order chi connectivity index (χ1) is 8.76. The van der Waals surface area contributed by atoms with Crippen LogP contribution in [-0.4, -0.2) is 45.8 Å². The number of aromatic nitrogens is 2. The van der Waals surface area contributed by atoms with Gasteiger partial charge in [0.2, 0.25) is 0 Å². The van der Waals surface area contributed by atoms with Crippen molar-refractivity contribution in [2.45, 2.75) is 19.8 Å². The zero-order valence-corrected chi connectivity index (χ0v) is 11.8. The molecule has 1 N–H and O–H groups in total. The lowest BCUT2D eigenvalue weighted by Crippen LogP contribution is -2.39. The first-order valence-corrected chi connectivity index (χ1v) is 7.86. The molecule has 1 aliphatic rings. The standard InChI is InChI=1S/C12H20N4OS/c1-3-4-10-11(13-2)14-9-15-12(10)16-5-7-18(17)8-6-16/h9H,3-8H2,1-2H3,(H,13,14,15). The molecule has 1 aromatic heterocycles. The van der Waals surface area contributed by atoms with E-state index in [0.717, 1.165) is 49.1 Å². The molecule has 0 saturated carbocycles. The van der Waals surface area contributed by atoms with Crippen LogP contribution in [0.5, 0.6) is 0 Å².